The van der Waals surface area contributed by atoms with Crippen molar-refractivity contribution < 1.29 is 0 Å². The van der Waals surface area contributed by atoms with Crippen LogP contribution in [0.5, 0.6) is 0 Å². The molecule has 1 aromatic rings. The van der Waals surface area contributed by atoms with Gasteiger partial charge >= 0.3 is 0 Å². The van der Waals surface area contributed by atoms with Gasteiger partial charge in [0.2, 0.25) is 0 Å². The number of unbranched alkanes of at least 4 members (excludes halogenated alkanes) is 3. The number of rotatable bonds is 7. The minimum absolute atomic E-state index is 0.321. The van der Waals surface area contributed by atoms with Crippen molar-refractivity contribution in [3.8, 4) is 0 Å². The van der Waals surface area contributed by atoms with Crippen molar-refractivity contribution in [2.45, 2.75) is 72.3 Å². The molecule has 1 rings (SSSR count). The van der Waals surface area contributed by atoms with Crippen molar-refractivity contribution in [3.05, 3.63) is 34.4 Å². The van der Waals surface area contributed by atoms with Crippen LogP contribution < -0.4 is 5.73 Å². The van der Waals surface area contributed by atoms with Gasteiger partial charge in [-0.2, -0.15) is 0 Å². The molecule has 1 heteroatoms. The maximum absolute atomic E-state index is 6.26. The summed E-state index contributed by atoms with van der Waals surface area (Å²) in [5.74, 6) is 0. The fourth-order valence-electron chi connectivity index (χ4n) is 2.73. The van der Waals surface area contributed by atoms with E-state index in [0.29, 0.717) is 6.04 Å². The van der Waals surface area contributed by atoms with Gasteiger partial charge in [-0.15, -0.1) is 0 Å². The molecule has 1 atom stereocenters. The summed E-state index contributed by atoms with van der Waals surface area (Å²) < 4.78 is 0. The quantitative estimate of drug-likeness (QED) is 0.708. The lowest BCUT2D eigenvalue weighted by atomic mass is 9.93. The summed E-state index contributed by atoms with van der Waals surface area (Å²) in [5.41, 5.74) is 11.9. The van der Waals surface area contributed by atoms with Crippen LogP contribution in [0.25, 0.3) is 0 Å². The Hall–Kier alpha value is -0.820. The van der Waals surface area contributed by atoms with E-state index >= 15 is 0 Å². The summed E-state index contributed by atoms with van der Waals surface area (Å²) in [6.45, 7) is 8.83. The zero-order chi connectivity index (χ0) is 13.5. The monoisotopic (exact) mass is 247 g/mol. The first-order valence-corrected chi connectivity index (χ1v) is 7.37. The van der Waals surface area contributed by atoms with E-state index in [1.165, 1.54) is 47.9 Å². The van der Waals surface area contributed by atoms with Crippen LogP contribution in [0, 0.1) is 20.8 Å². The molecule has 1 aromatic carbocycles. The van der Waals surface area contributed by atoms with Crippen molar-refractivity contribution in [2.75, 3.05) is 0 Å². The molecule has 0 aliphatic carbocycles. The summed E-state index contributed by atoms with van der Waals surface area (Å²) in [7, 11) is 0. The molecule has 0 heterocycles. The molecule has 0 saturated heterocycles. The molecule has 0 aromatic heterocycles. The van der Waals surface area contributed by atoms with E-state index in [1.807, 2.05) is 0 Å². The second kappa shape index (κ2) is 7.58. The second-order valence-electron chi connectivity index (χ2n) is 5.69. The lowest BCUT2D eigenvalue weighted by molar-refractivity contribution is 0.544. The first-order valence-electron chi connectivity index (χ1n) is 7.37. The van der Waals surface area contributed by atoms with Gasteiger partial charge in [0.05, 0.1) is 0 Å². The van der Waals surface area contributed by atoms with E-state index in [0.717, 1.165) is 12.8 Å². The molecule has 0 radical (unpaired) electrons. The molecular formula is C17H29N. The molecule has 0 aliphatic heterocycles. The Bertz CT molecular complexity index is 345. The first-order chi connectivity index (χ1) is 8.54. The van der Waals surface area contributed by atoms with Crippen LogP contribution in [-0.4, -0.2) is 6.04 Å². The lowest BCUT2D eigenvalue weighted by Crippen LogP contribution is -2.23. The summed E-state index contributed by atoms with van der Waals surface area (Å²) in [5, 5.41) is 0. The number of hydrogen-bond acceptors (Lipinski definition) is 1. The second-order valence-corrected chi connectivity index (χ2v) is 5.69. The number of aryl methyl sites for hydroxylation is 3. The van der Waals surface area contributed by atoms with Gasteiger partial charge in [-0.05, 0) is 50.3 Å². The highest BCUT2D eigenvalue weighted by atomic mass is 14.6. The van der Waals surface area contributed by atoms with Gasteiger partial charge in [0.25, 0.3) is 0 Å². The van der Waals surface area contributed by atoms with Gasteiger partial charge in [0.15, 0.2) is 0 Å². The van der Waals surface area contributed by atoms with Crippen LogP contribution in [0.4, 0.5) is 0 Å². The molecule has 0 spiro atoms. The van der Waals surface area contributed by atoms with Gasteiger partial charge in [-0.25, -0.2) is 0 Å². The Morgan fingerprint density at radius 1 is 1.00 bits per heavy atom. The fourth-order valence-corrected chi connectivity index (χ4v) is 2.73. The third-order valence-electron chi connectivity index (χ3n) is 3.74. The number of hydrogen-bond donors (Lipinski definition) is 1. The largest absolute Gasteiger partial charge is 0.327 e. The van der Waals surface area contributed by atoms with E-state index in [1.54, 1.807) is 0 Å². The van der Waals surface area contributed by atoms with Gasteiger partial charge in [0.1, 0.15) is 0 Å². The Kier molecular flexibility index (Phi) is 6.42. The summed E-state index contributed by atoms with van der Waals surface area (Å²) in [6, 6.07) is 4.86. The highest BCUT2D eigenvalue weighted by Gasteiger charge is 2.09. The smallest absolute Gasteiger partial charge is 0.00795 e. The summed E-state index contributed by atoms with van der Waals surface area (Å²) in [6.07, 6.45) is 7.44. The zero-order valence-corrected chi connectivity index (χ0v) is 12.6. The van der Waals surface area contributed by atoms with Crippen molar-refractivity contribution in [1.29, 1.82) is 0 Å². The maximum atomic E-state index is 6.26. The predicted molar refractivity (Wildman–Crippen MR) is 81.1 cm³/mol. The minimum Gasteiger partial charge on any atom is -0.327 e. The molecule has 18 heavy (non-hydrogen) atoms. The SMILES string of the molecule is CCCCCCC(N)Cc1c(C)cc(C)cc1C. The Labute approximate surface area is 113 Å². The van der Waals surface area contributed by atoms with Gasteiger partial charge in [0, 0.05) is 6.04 Å². The number of benzene rings is 1. The molecule has 102 valence electrons. The van der Waals surface area contributed by atoms with Crippen LogP contribution in [0.15, 0.2) is 12.1 Å². The predicted octanol–water partition coefficient (Wildman–Crippen LogP) is 4.45. The third-order valence-corrected chi connectivity index (χ3v) is 3.74. The van der Waals surface area contributed by atoms with E-state index in [9.17, 15) is 0 Å². The molecule has 0 aliphatic rings. The number of nitrogens with two attached hydrogens (primary N) is 1. The van der Waals surface area contributed by atoms with Crippen LogP contribution in [0.1, 0.15) is 61.3 Å². The fraction of sp³-hybridized carbons (Fsp3) is 0.647. The molecule has 1 unspecified atom stereocenters. The minimum atomic E-state index is 0.321. The van der Waals surface area contributed by atoms with E-state index in [4.69, 9.17) is 5.73 Å². The molecule has 2 N–H and O–H groups in total. The zero-order valence-electron chi connectivity index (χ0n) is 12.6. The van der Waals surface area contributed by atoms with Crippen molar-refractivity contribution >= 4 is 0 Å². The highest BCUT2D eigenvalue weighted by Crippen LogP contribution is 2.19. The van der Waals surface area contributed by atoms with Gasteiger partial charge in [-0.1, -0.05) is 50.3 Å². The van der Waals surface area contributed by atoms with Crippen molar-refractivity contribution in [3.63, 3.8) is 0 Å². The average molecular weight is 247 g/mol. The van der Waals surface area contributed by atoms with E-state index in [2.05, 4.69) is 39.8 Å². The topological polar surface area (TPSA) is 26.0 Å². The molecule has 0 fully saturated rings. The standard InChI is InChI=1S/C17H29N/c1-5-6-7-8-9-16(18)12-17-14(3)10-13(2)11-15(17)4/h10-11,16H,5-9,12,18H2,1-4H3. The van der Waals surface area contributed by atoms with Crippen LogP contribution >= 0.6 is 0 Å². The molecular weight excluding hydrogens is 218 g/mol. The first kappa shape index (κ1) is 15.2. The summed E-state index contributed by atoms with van der Waals surface area (Å²) in [4.78, 5) is 0. The molecule has 1 nitrogen and oxygen atoms in total. The van der Waals surface area contributed by atoms with E-state index < -0.39 is 0 Å². The van der Waals surface area contributed by atoms with Crippen LogP contribution in [0.2, 0.25) is 0 Å². The maximum Gasteiger partial charge on any atom is 0.00795 e. The van der Waals surface area contributed by atoms with Crippen LogP contribution in [-0.2, 0) is 6.42 Å². The Morgan fingerprint density at radius 2 is 1.61 bits per heavy atom. The Morgan fingerprint density at radius 3 is 2.17 bits per heavy atom. The van der Waals surface area contributed by atoms with E-state index in [-0.39, 0.29) is 0 Å². The average Bonchev–Trinajstić information content (AvgIpc) is 2.29. The molecule has 0 bridgehead atoms. The summed E-state index contributed by atoms with van der Waals surface area (Å²) >= 11 is 0. The molecule has 0 amide bonds. The highest BCUT2D eigenvalue weighted by molar-refractivity contribution is 5.37. The van der Waals surface area contributed by atoms with Gasteiger partial charge in [-0.3, -0.25) is 0 Å². The normalized spacial score (nSPS) is 12.7. The lowest BCUT2D eigenvalue weighted by Gasteiger charge is -2.16. The van der Waals surface area contributed by atoms with Crippen molar-refractivity contribution in [2.24, 2.45) is 5.73 Å². The van der Waals surface area contributed by atoms with Crippen LogP contribution in [0.3, 0.4) is 0 Å². The van der Waals surface area contributed by atoms with Gasteiger partial charge < -0.3 is 5.73 Å². The van der Waals surface area contributed by atoms with Crippen molar-refractivity contribution in [1.82, 2.24) is 0 Å². The molecule has 0 saturated carbocycles. The Balaban J connectivity index is 2.51. The third kappa shape index (κ3) is 4.81.